The van der Waals surface area contributed by atoms with Crippen molar-refractivity contribution in [1.29, 1.82) is 0 Å². The van der Waals surface area contributed by atoms with Gasteiger partial charge in [0.2, 0.25) is 0 Å². The largest absolute Gasteiger partial charge is 0.462 e. The zero-order valence-electron chi connectivity index (χ0n) is 46.7. The first kappa shape index (κ1) is 67.6. The Balaban J connectivity index is 4.09. The second kappa shape index (κ2) is 59.2. The highest BCUT2D eigenvalue weighted by Crippen LogP contribution is 2.16. The molecule has 0 radical (unpaired) electrons. The molecule has 0 aliphatic heterocycles. The van der Waals surface area contributed by atoms with Gasteiger partial charge >= 0.3 is 17.9 Å². The number of carbonyl (C=O) groups excluding carboxylic acids is 3. The van der Waals surface area contributed by atoms with Gasteiger partial charge in [-0.3, -0.25) is 14.4 Å². The summed E-state index contributed by atoms with van der Waals surface area (Å²) in [7, 11) is 0. The van der Waals surface area contributed by atoms with E-state index >= 15 is 0 Å². The number of hydrogen-bond acceptors (Lipinski definition) is 6. The second-order valence-electron chi connectivity index (χ2n) is 19.9. The van der Waals surface area contributed by atoms with E-state index in [4.69, 9.17) is 14.2 Å². The Morgan fingerprint density at radius 1 is 0.296 bits per heavy atom. The minimum absolute atomic E-state index is 0.0794. The summed E-state index contributed by atoms with van der Waals surface area (Å²) in [5, 5.41) is 0. The maximum Gasteiger partial charge on any atom is 0.306 e. The molecule has 6 nitrogen and oxygen atoms in total. The van der Waals surface area contributed by atoms with Gasteiger partial charge in [0.1, 0.15) is 13.2 Å². The molecular formula is C65H112O6. The predicted octanol–water partition coefficient (Wildman–Crippen LogP) is 20.3. The van der Waals surface area contributed by atoms with Gasteiger partial charge in [-0.15, -0.1) is 0 Å². The number of hydrogen-bond donors (Lipinski definition) is 0. The highest BCUT2D eigenvalue weighted by atomic mass is 16.6. The molecule has 1 atom stereocenters. The Labute approximate surface area is 439 Å². The van der Waals surface area contributed by atoms with Crippen LogP contribution in [0.1, 0.15) is 290 Å². The Hall–Kier alpha value is -3.41. The van der Waals surface area contributed by atoms with Gasteiger partial charge in [0.15, 0.2) is 6.10 Å². The zero-order valence-corrected chi connectivity index (χ0v) is 46.7. The minimum Gasteiger partial charge on any atom is -0.462 e. The average molecular weight is 990 g/mol. The molecular weight excluding hydrogens is 877 g/mol. The monoisotopic (exact) mass is 989 g/mol. The first-order valence-corrected chi connectivity index (χ1v) is 30.1. The first-order chi connectivity index (χ1) is 35.0. The quantitative estimate of drug-likeness (QED) is 0.0261. The van der Waals surface area contributed by atoms with Crippen molar-refractivity contribution in [3.63, 3.8) is 0 Å². The fraction of sp³-hybridized carbons (Fsp3) is 0.738. The standard InChI is InChI=1S/C65H112O6/c1-4-7-10-13-15-17-19-21-23-25-27-29-31-32-34-35-37-39-41-43-45-47-49-52-55-58-64(67)70-61-62(60-69-63(66)57-54-51-12-9-6-3)71-65(68)59-56-53-50-48-46-44-42-40-38-36-33-30-28-26-24-22-20-18-16-14-11-8-5-2/h8,11,16,18-19,21-22,24-25,27-28,30-32,62H,4-7,9-10,12-15,17,20,23,26,29,33-61H2,1-3H3/b11-8-,18-16-,21-19-,24-22-,27-25-,30-28-,32-31-. The van der Waals surface area contributed by atoms with Crippen LogP contribution in [-0.2, 0) is 28.6 Å². The van der Waals surface area contributed by atoms with Gasteiger partial charge in [0.05, 0.1) is 0 Å². The van der Waals surface area contributed by atoms with E-state index in [0.29, 0.717) is 19.3 Å². The van der Waals surface area contributed by atoms with Gasteiger partial charge in [0, 0.05) is 19.3 Å². The molecule has 0 aromatic rings. The van der Waals surface area contributed by atoms with E-state index in [9.17, 15) is 14.4 Å². The number of unbranched alkanes of at least 4 members (excludes halogenated alkanes) is 29. The Morgan fingerprint density at radius 2 is 0.549 bits per heavy atom. The molecule has 0 aromatic heterocycles. The average Bonchev–Trinajstić information content (AvgIpc) is 3.37. The Morgan fingerprint density at radius 3 is 0.859 bits per heavy atom. The van der Waals surface area contributed by atoms with Crippen molar-refractivity contribution in [1.82, 2.24) is 0 Å². The number of rotatable bonds is 54. The van der Waals surface area contributed by atoms with Crippen LogP contribution in [0.3, 0.4) is 0 Å². The molecule has 6 heteroatoms. The number of carbonyl (C=O) groups is 3. The SMILES string of the molecule is CC/C=C\C/C=C\C/C=C\C/C=C\CCCCCCCCCCCCC(=O)OC(COC(=O)CCCCCCC)COC(=O)CCCCCCCCCCCC/C=C\C/C=C\C/C=C\CCCCCCC. The third kappa shape index (κ3) is 57.4. The molecule has 1 unspecified atom stereocenters. The maximum absolute atomic E-state index is 12.8. The lowest BCUT2D eigenvalue weighted by molar-refractivity contribution is -0.167. The highest BCUT2D eigenvalue weighted by molar-refractivity contribution is 5.71. The molecule has 0 heterocycles. The smallest absolute Gasteiger partial charge is 0.306 e. The molecule has 0 saturated carbocycles. The molecule has 0 fully saturated rings. The van der Waals surface area contributed by atoms with Gasteiger partial charge in [0.25, 0.3) is 0 Å². The van der Waals surface area contributed by atoms with Crippen LogP contribution in [0.2, 0.25) is 0 Å². The van der Waals surface area contributed by atoms with Crippen LogP contribution in [-0.4, -0.2) is 37.2 Å². The molecule has 0 N–H and O–H groups in total. The van der Waals surface area contributed by atoms with Crippen molar-refractivity contribution in [3.8, 4) is 0 Å². The minimum atomic E-state index is -0.777. The van der Waals surface area contributed by atoms with Crippen LogP contribution in [0.15, 0.2) is 85.1 Å². The summed E-state index contributed by atoms with van der Waals surface area (Å²) in [6.45, 7) is 6.44. The summed E-state index contributed by atoms with van der Waals surface area (Å²) in [6, 6.07) is 0. The highest BCUT2D eigenvalue weighted by Gasteiger charge is 2.19. The molecule has 0 saturated heterocycles. The fourth-order valence-corrected chi connectivity index (χ4v) is 8.38. The van der Waals surface area contributed by atoms with Crippen molar-refractivity contribution >= 4 is 17.9 Å². The predicted molar refractivity (Wildman–Crippen MR) is 307 cm³/mol. The maximum atomic E-state index is 12.8. The summed E-state index contributed by atoms with van der Waals surface area (Å²) in [6.07, 6.45) is 77.7. The topological polar surface area (TPSA) is 78.9 Å². The van der Waals surface area contributed by atoms with Crippen molar-refractivity contribution in [3.05, 3.63) is 85.1 Å². The second-order valence-corrected chi connectivity index (χ2v) is 19.9. The molecule has 0 aliphatic carbocycles. The molecule has 71 heavy (non-hydrogen) atoms. The summed E-state index contributed by atoms with van der Waals surface area (Å²) in [5.74, 6) is -0.895. The van der Waals surface area contributed by atoms with Crippen LogP contribution in [0.4, 0.5) is 0 Å². The van der Waals surface area contributed by atoms with Crippen LogP contribution in [0.25, 0.3) is 0 Å². The summed E-state index contributed by atoms with van der Waals surface area (Å²) in [5.41, 5.74) is 0. The summed E-state index contributed by atoms with van der Waals surface area (Å²) < 4.78 is 16.7. The third-order valence-electron chi connectivity index (χ3n) is 12.9. The number of ether oxygens (including phenoxy) is 3. The Bertz CT molecular complexity index is 1370. The van der Waals surface area contributed by atoms with Gasteiger partial charge in [-0.1, -0.05) is 260 Å². The number of allylic oxidation sites excluding steroid dienone is 14. The van der Waals surface area contributed by atoms with Gasteiger partial charge in [-0.2, -0.15) is 0 Å². The van der Waals surface area contributed by atoms with Crippen molar-refractivity contribution in [2.24, 2.45) is 0 Å². The molecule has 0 aliphatic rings. The van der Waals surface area contributed by atoms with Crippen molar-refractivity contribution in [2.45, 2.75) is 297 Å². The first-order valence-electron chi connectivity index (χ1n) is 30.1. The molecule has 0 spiro atoms. The lowest BCUT2D eigenvalue weighted by atomic mass is 10.0. The number of esters is 3. The fourth-order valence-electron chi connectivity index (χ4n) is 8.38. The zero-order chi connectivity index (χ0) is 51.4. The molecule has 408 valence electrons. The molecule has 0 amide bonds. The van der Waals surface area contributed by atoms with Gasteiger partial charge in [-0.05, 0) is 96.3 Å². The normalized spacial score (nSPS) is 12.7. The van der Waals surface area contributed by atoms with E-state index in [-0.39, 0.29) is 31.1 Å². The molecule has 0 rings (SSSR count). The van der Waals surface area contributed by atoms with E-state index in [1.807, 2.05) is 0 Å². The molecule has 0 aromatic carbocycles. The summed E-state index contributed by atoms with van der Waals surface area (Å²) >= 11 is 0. The van der Waals surface area contributed by atoms with Crippen LogP contribution in [0.5, 0.6) is 0 Å². The van der Waals surface area contributed by atoms with Crippen molar-refractivity contribution < 1.29 is 28.6 Å². The van der Waals surface area contributed by atoms with E-state index < -0.39 is 6.10 Å². The van der Waals surface area contributed by atoms with E-state index in [0.717, 1.165) is 103 Å². The van der Waals surface area contributed by atoms with Crippen LogP contribution < -0.4 is 0 Å². The van der Waals surface area contributed by atoms with E-state index in [1.54, 1.807) is 0 Å². The molecule has 0 bridgehead atoms. The summed E-state index contributed by atoms with van der Waals surface area (Å²) in [4.78, 5) is 37.9. The van der Waals surface area contributed by atoms with E-state index in [2.05, 4.69) is 106 Å². The third-order valence-corrected chi connectivity index (χ3v) is 12.9. The Kier molecular flexibility index (Phi) is 56.3. The van der Waals surface area contributed by atoms with Gasteiger partial charge in [-0.25, -0.2) is 0 Å². The lowest BCUT2D eigenvalue weighted by Crippen LogP contribution is -2.30. The van der Waals surface area contributed by atoms with E-state index in [1.165, 1.54) is 148 Å². The van der Waals surface area contributed by atoms with Crippen LogP contribution in [0, 0.1) is 0 Å². The van der Waals surface area contributed by atoms with Crippen LogP contribution >= 0.6 is 0 Å². The van der Waals surface area contributed by atoms with Crippen molar-refractivity contribution in [2.75, 3.05) is 13.2 Å². The van der Waals surface area contributed by atoms with Gasteiger partial charge < -0.3 is 14.2 Å². The lowest BCUT2D eigenvalue weighted by Gasteiger charge is -2.18.